The van der Waals surface area contributed by atoms with E-state index in [0.29, 0.717) is 44.0 Å². The number of carbonyl (C=O) groups is 4. The third kappa shape index (κ3) is 9.08. The lowest BCUT2D eigenvalue weighted by atomic mass is 9.77. The number of aromatic nitrogens is 3. The zero-order chi connectivity index (χ0) is 46.3. The van der Waals surface area contributed by atoms with Crippen molar-refractivity contribution in [1.82, 2.24) is 45.4 Å². The van der Waals surface area contributed by atoms with E-state index in [1.54, 1.807) is 19.1 Å². The highest BCUT2D eigenvalue weighted by Crippen LogP contribution is 2.43. The van der Waals surface area contributed by atoms with Crippen LogP contribution in [0.15, 0.2) is 41.9 Å². The molecular weight excluding hydrogens is 843 g/mol. The zero-order valence-electron chi connectivity index (χ0n) is 39.4. The first-order valence-corrected chi connectivity index (χ1v) is 24.3. The van der Waals surface area contributed by atoms with E-state index in [1.807, 2.05) is 43.3 Å². The molecule has 16 heteroatoms. The first kappa shape index (κ1) is 46.8. The Morgan fingerprint density at radius 2 is 1.89 bits per heavy atom. The molecule has 3 N–H and O–H groups in total. The van der Waals surface area contributed by atoms with E-state index < -0.39 is 23.5 Å². The number of methoxy groups -OCH3 is 1. The van der Waals surface area contributed by atoms with Crippen molar-refractivity contribution in [2.75, 3.05) is 53.6 Å². The Labute approximate surface area is 387 Å². The van der Waals surface area contributed by atoms with E-state index in [-0.39, 0.29) is 47.9 Å². The summed E-state index contributed by atoms with van der Waals surface area (Å²) in [6.07, 6.45) is 6.95. The summed E-state index contributed by atoms with van der Waals surface area (Å²) in [5.74, 6) is -1.04. The molecule has 3 saturated heterocycles. The summed E-state index contributed by atoms with van der Waals surface area (Å²) in [6, 6.07) is 8.52. The van der Waals surface area contributed by atoms with Crippen molar-refractivity contribution < 1.29 is 28.7 Å². The van der Waals surface area contributed by atoms with Crippen LogP contribution in [0, 0.1) is 11.3 Å². The summed E-state index contributed by atoms with van der Waals surface area (Å²) in [6.45, 7) is 16.2. The summed E-state index contributed by atoms with van der Waals surface area (Å²) < 4.78 is 14.7. The van der Waals surface area contributed by atoms with Gasteiger partial charge in [0.05, 0.1) is 41.4 Å². The van der Waals surface area contributed by atoms with Crippen LogP contribution in [-0.4, -0.2) is 130 Å². The normalized spacial score (nSPS) is 23.2. The summed E-state index contributed by atoms with van der Waals surface area (Å²) >= 11 is 1.44. The minimum atomic E-state index is -1.16. The molecule has 65 heavy (non-hydrogen) atoms. The maximum absolute atomic E-state index is 14.8. The second-order valence-corrected chi connectivity index (χ2v) is 20.7. The van der Waals surface area contributed by atoms with E-state index in [9.17, 15) is 19.2 Å². The smallest absolute Gasteiger partial charge is 0.320 e. The van der Waals surface area contributed by atoms with Gasteiger partial charge in [0, 0.05) is 79.4 Å². The van der Waals surface area contributed by atoms with Crippen LogP contribution in [0.4, 0.5) is 4.79 Å². The molecule has 3 aromatic heterocycles. The number of benzene rings is 1. The Hall–Kier alpha value is -4.74. The van der Waals surface area contributed by atoms with E-state index in [0.717, 1.165) is 89.9 Å². The molecule has 7 heterocycles. The van der Waals surface area contributed by atoms with E-state index in [1.165, 1.54) is 16.3 Å². The molecule has 4 aliphatic rings. The zero-order valence-corrected chi connectivity index (χ0v) is 40.2. The van der Waals surface area contributed by atoms with E-state index in [4.69, 9.17) is 19.4 Å². The average molecular weight is 910 g/mol. The third-order valence-corrected chi connectivity index (χ3v) is 15.1. The van der Waals surface area contributed by atoms with Crippen LogP contribution < -0.4 is 16.1 Å². The molecule has 1 aromatic carbocycles. The van der Waals surface area contributed by atoms with Crippen molar-refractivity contribution in [3.63, 3.8) is 0 Å². The van der Waals surface area contributed by atoms with Gasteiger partial charge in [0.25, 0.3) is 5.91 Å². The van der Waals surface area contributed by atoms with Crippen LogP contribution in [0.5, 0.6) is 0 Å². The Bertz CT molecular complexity index is 2410. The maximum Gasteiger partial charge on any atom is 0.320 e. The first-order chi connectivity index (χ1) is 31.1. The third-order valence-electron chi connectivity index (χ3n) is 14.3. The number of hydrogen-bond donors (Lipinski definition) is 3. The van der Waals surface area contributed by atoms with Gasteiger partial charge in [-0.05, 0) is 107 Å². The molecule has 0 aliphatic carbocycles. The fourth-order valence-electron chi connectivity index (χ4n) is 10.7. The second-order valence-electron chi connectivity index (χ2n) is 19.8. The van der Waals surface area contributed by atoms with Gasteiger partial charge in [-0.15, -0.1) is 11.3 Å². The number of likely N-dealkylation sites (N-methyl/N-ethyl adjacent to an activating group) is 1. The molecule has 4 amide bonds. The standard InChI is InChI=1S/C49H67N9O6S/c1-9-56-39-14-13-33-24-35(39)36(43(56)34-12-10-19-51-41(34)32(4)63-8)26-47(5,6)29-64-30-48(28-59)15-11-22-58(54-48)45(61)37(25-40-52-38(33)27-65-40)53-44(60)42(31(2)3)55(7)46(62)57-23-18-49(57)16-20-50-21-17-49/h10,12-14,19,24,27-28,31-32,37,42,50,54H,9,11,15-18,20-23,25-26,29-30H2,1-8H3,(H,53,60)/t32-,37-,42-,48-/m0/s1. The predicted octanol–water partition coefficient (Wildman–Crippen LogP) is 6.15. The number of hydrazine groups is 1. The quantitative estimate of drug-likeness (QED) is 0.166. The van der Waals surface area contributed by atoms with Gasteiger partial charge in [0.1, 0.15) is 23.9 Å². The number of nitrogens with zero attached hydrogens (tertiary/aromatic N) is 6. The van der Waals surface area contributed by atoms with Crippen LogP contribution >= 0.6 is 11.3 Å². The summed E-state index contributed by atoms with van der Waals surface area (Å²) in [4.78, 5) is 70.0. The second kappa shape index (κ2) is 18.9. The van der Waals surface area contributed by atoms with Crippen LogP contribution in [0.1, 0.15) is 96.0 Å². The number of piperidine rings is 1. The molecule has 4 aromatic rings. The number of aldehydes is 1. The van der Waals surface area contributed by atoms with Crippen molar-refractivity contribution in [3.8, 4) is 22.5 Å². The number of carbonyl (C=O) groups excluding carboxylic acids is 4. The fourth-order valence-corrected chi connectivity index (χ4v) is 11.5. The number of hydrogen-bond acceptors (Lipinski definition) is 11. The number of likely N-dealkylation sites (tertiary alicyclic amines) is 1. The fraction of sp³-hybridized carbons (Fsp3) is 0.592. The van der Waals surface area contributed by atoms with Crippen molar-refractivity contribution in [1.29, 1.82) is 0 Å². The van der Waals surface area contributed by atoms with Gasteiger partial charge in [-0.2, -0.15) is 0 Å². The molecule has 3 fully saturated rings. The van der Waals surface area contributed by atoms with Gasteiger partial charge in [0.2, 0.25) is 5.91 Å². The molecule has 0 radical (unpaired) electrons. The van der Waals surface area contributed by atoms with Gasteiger partial charge in [0.15, 0.2) is 0 Å². The van der Waals surface area contributed by atoms with Crippen LogP contribution in [-0.2, 0) is 43.2 Å². The van der Waals surface area contributed by atoms with Crippen LogP contribution in [0.25, 0.3) is 33.4 Å². The maximum atomic E-state index is 14.8. The Kier molecular flexibility index (Phi) is 13.6. The SMILES string of the molecule is CCn1c(-c2cccnc2[C@H](C)OC)c2c3cc(ccc31)-c1csc(n1)C[C@H](NC(=O)[C@H](C(C)C)N(C)C(=O)N1CCC13CCNCC3)C(=O)N1CCC[C@](C=O)(COCC(C)(C)C2)N1. The topological polar surface area (TPSA) is 163 Å². The van der Waals surface area contributed by atoms with Crippen molar-refractivity contribution >= 4 is 46.4 Å². The monoisotopic (exact) mass is 909 g/mol. The summed E-state index contributed by atoms with van der Waals surface area (Å²) in [7, 11) is 3.40. The highest BCUT2D eigenvalue weighted by Gasteiger charge is 2.50. The van der Waals surface area contributed by atoms with E-state index >= 15 is 0 Å². The minimum absolute atomic E-state index is 0.0544. The lowest BCUT2D eigenvalue weighted by molar-refractivity contribution is -0.147. The number of pyridine rings is 1. The number of rotatable bonds is 9. The molecule has 1 spiro atoms. The van der Waals surface area contributed by atoms with Gasteiger partial charge in [-0.3, -0.25) is 19.6 Å². The van der Waals surface area contributed by atoms with Gasteiger partial charge in [-0.1, -0.05) is 33.8 Å². The number of amides is 4. The number of ether oxygens (including phenoxy) is 2. The van der Waals surface area contributed by atoms with Crippen LogP contribution in [0.2, 0.25) is 0 Å². The highest BCUT2D eigenvalue weighted by molar-refractivity contribution is 7.10. The number of thiazole rings is 1. The number of fused-ring (bicyclic) bond motifs is 6. The average Bonchev–Trinajstić information content (AvgIpc) is 3.89. The van der Waals surface area contributed by atoms with Crippen molar-refractivity contribution in [3.05, 3.63) is 58.2 Å². The van der Waals surface area contributed by atoms with E-state index in [2.05, 4.69) is 65.7 Å². The first-order valence-electron chi connectivity index (χ1n) is 23.4. The molecule has 6 bridgehead atoms. The number of aryl methyl sites for hydroxylation is 1. The molecule has 4 aliphatic heterocycles. The minimum Gasteiger partial charge on any atom is -0.378 e. The number of urea groups is 1. The van der Waals surface area contributed by atoms with Crippen molar-refractivity contribution in [2.45, 2.75) is 122 Å². The molecule has 4 atom stereocenters. The molecule has 15 nitrogen and oxygen atoms in total. The van der Waals surface area contributed by atoms with Gasteiger partial charge >= 0.3 is 6.03 Å². The Balaban J connectivity index is 1.18. The van der Waals surface area contributed by atoms with Gasteiger partial charge < -0.3 is 39.3 Å². The molecule has 8 rings (SSSR count). The Morgan fingerprint density at radius 3 is 2.58 bits per heavy atom. The largest absolute Gasteiger partial charge is 0.378 e. The summed E-state index contributed by atoms with van der Waals surface area (Å²) in [5, 5.41) is 11.7. The molecule has 0 saturated carbocycles. The Morgan fingerprint density at radius 1 is 1.11 bits per heavy atom. The molecule has 350 valence electrons. The highest BCUT2D eigenvalue weighted by atomic mass is 32.1. The number of nitrogens with one attached hydrogen (secondary N) is 3. The summed E-state index contributed by atoms with van der Waals surface area (Å²) in [5.41, 5.74) is 8.45. The lowest BCUT2D eigenvalue weighted by Gasteiger charge is -2.56. The van der Waals surface area contributed by atoms with Crippen molar-refractivity contribution in [2.24, 2.45) is 11.3 Å². The molecular formula is C49H67N9O6S. The van der Waals surface area contributed by atoms with Crippen LogP contribution in [0.3, 0.4) is 0 Å². The lowest BCUT2D eigenvalue weighted by Crippen LogP contribution is -2.69. The van der Waals surface area contributed by atoms with Gasteiger partial charge in [-0.25, -0.2) is 15.2 Å². The molecule has 0 unspecified atom stereocenters. The predicted molar refractivity (Wildman–Crippen MR) is 252 cm³/mol.